The lowest BCUT2D eigenvalue weighted by atomic mass is 9.72. The van der Waals surface area contributed by atoms with Gasteiger partial charge in [-0.05, 0) is 70.6 Å². The number of ether oxygens (including phenoxy) is 1. The van der Waals surface area contributed by atoms with E-state index in [0.29, 0.717) is 24.9 Å². The maximum Gasteiger partial charge on any atom is 0.528 e. The third kappa shape index (κ3) is 5.62. The van der Waals surface area contributed by atoms with E-state index in [4.69, 9.17) is 9.57 Å². The van der Waals surface area contributed by atoms with Gasteiger partial charge in [0.1, 0.15) is 5.60 Å². The number of piperidine rings is 1. The summed E-state index contributed by atoms with van der Waals surface area (Å²) in [6.07, 6.45) is 3.84. The van der Waals surface area contributed by atoms with Gasteiger partial charge in [0.2, 0.25) is 0 Å². The molecule has 1 saturated carbocycles. The number of rotatable bonds is 3. The number of hydroxylamine groups is 2. The normalized spacial score (nSPS) is 33.3. The van der Waals surface area contributed by atoms with Gasteiger partial charge in [0.05, 0.1) is 12.6 Å². The fraction of sp³-hybridized carbons (Fsp3) is 0.941. The third-order valence-electron chi connectivity index (χ3n) is 4.95. The van der Waals surface area contributed by atoms with Crippen molar-refractivity contribution in [3.05, 3.63) is 0 Å². The van der Waals surface area contributed by atoms with Crippen LogP contribution in [-0.2, 0) is 9.57 Å². The number of nitrogens with zero attached hydrogens (tertiary/aromatic N) is 1. The molecule has 0 radical (unpaired) electrons. The molecule has 2 N–H and O–H groups in total. The van der Waals surface area contributed by atoms with E-state index in [1.54, 1.807) is 20.8 Å². The van der Waals surface area contributed by atoms with Gasteiger partial charge in [0, 0.05) is 13.2 Å². The third-order valence-corrected chi connectivity index (χ3v) is 4.95. The minimum Gasteiger partial charge on any atom is -0.427 e. The second kappa shape index (κ2) is 7.81. The van der Waals surface area contributed by atoms with Gasteiger partial charge in [-0.3, -0.25) is 0 Å². The van der Waals surface area contributed by atoms with E-state index in [9.17, 15) is 15.0 Å². The van der Waals surface area contributed by atoms with Gasteiger partial charge in [0.15, 0.2) is 0 Å². The average molecular weight is 329 g/mol. The van der Waals surface area contributed by atoms with Crippen molar-refractivity contribution in [2.24, 2.45) is 17.8 Å². The van der Waals surface area contributed by atoms with E-state index < -0.39 is 17.9 Å². The zero-order chi connectivity index (χ0) is 17.0. The van der Waals surface area contributed by atoms with E-state index in [1.807, 2.05) is 0 Å². The molecule has 1 aliphatic heterocycles. The summed E-state index contributed by atoms with van der Waals surface area (Å²) >= 11 is 0. The minimum absolute atomic E-state index is 0.258. The minimum atomic E-state index is -0.716. The Morgan fingerprint density at radius 2 is 1.83 bits per heavy atom. The lowest BCUT2D eigenvalue weighted by molar-refractivity contribution is -0.181. The van der Waals surface area contributed by atoms with Gasteiger partial charge in [0.25, 0.3) is 0 Å². The molecule has 2 aliphatic rings. The van der Waals surface area contributed by atoms with E-state index in [1.165, 1.54) is 5.06 Å². The highest BCUT2D eigenvalue weighted by Crippen LogP contribution is 2.37. The number of aliphatic hydroxyl groups is 2. The van der Waals surface area contributed by atoms with Gasteiger partial charge in [-0.25, -0.2) is 4.79 Å². The zero-order valence-corrected chi connectivity index (χ0v) is 14.5. The molecular formula is C17H31NO5. The van der Waals surface area contributed by atoms with E-state index in [-0.39, 0.29) is 12.5 Å². The molecule has 0 aromatic rings. The number of aliphatic hydroxyl groups excluding tert-OH is 2. The lowest BCUT2D eigenvalue weighted by Crippen LogP contribution is -2.47. The molecule has 6 heteroatoms. The molecule has 0 bridgehead atoms. The molecule has 1 aliphatic carbocycles. The second-order valence-corrected chi connectivity index (χ2v) is 7.93. The summed E-state index contributed by atoms with van der Waals surface area (Å²) in [5.74, 6) is 1.20. The number of carbonyl (C=O) groups is 1. The maximum absolute atomic E-state index is 11.7. The molecule has 1 heterocycles. The molecular weight excluding hydrogens is 298 g/mol. The van der Waals surface area contributed by atoms with Crippen LogP contribution in [-0.4, -0.2) is 52.8 Å². The molecule has 0 spiro atoms. The fourth-order valence-corrected chi connectivity index (χ4v) is 3.73. The van der Waals surface area contributed by atoms with Crippen LogP contribution in [0.1, 0.15) is 52.9 Å². The van der Waals surface area contributed by atoms with Crippen LogP contribution in [0, 0.1) is 17.8 Å². The fourth-order valence-electron chi connectivity index (χ4n) is 3.73. The van der Waals surface area contributed by atoms with Crippen molar-refractivity contribution in [1.82, 2.24) is 5.06 Å². The van der Waals surface area contributed by atoms with Crippen LogP contribution in [0.2, 0.25) is 0 Å². The predicted octanol–water partition coefficient (Wildman–Crippen LogP) is 2.33. The Bertz CT molecular complexity index is 387. The van der Waals surface area contributed by atoms with Gasteiger partial charge in [-0.15, -0.1) is 5.06 Å². The van der Waals surface area contributed by atoms with E-state index in [0.717, 1.165) is 32.1 Å². The van der Waals surface area contributed by atoms with Crippen LogP contribution < -0.4 is 0 Å². The Hall–Kier alpha value is -0.850. The Morgan fingerprint density at radius 1 is 1.17 bits per heavy atom. The van der Waals surface area contributed by atoms with E-state index in [2.05, 4.69) is 0 Å². The highest BCUT2D eigenvalue weighted by atomic mass is 16.8. The van der Waals surface area contributed by atoms with Crippen LogP contribution >= 0.6 is 0 Å². The Labute approximate surface area is 138 Å². The first-order chi connectivity index (χ1) is 10.8. The number of β-amino-alcohol motifs (C(OH)–C–C–N with tert-alkyl or cyclic N) is 1. The monoisotopic (exact) mass is 329 g/mol. The smallest absolute Gasteiger partial charge is 0.427 e. The van der Waals surface area contributed by atoms with Gasteiger partial charge >= 0.3 is 6.16 Å². The number of hydrogen-bond donors (Lipinski definition) is 2. The van der Waals surface area contributed by atoms with Crippen molar-refractivity contribution in [3.8, 4) is 0 Å². The second-order valence-electron chi connectivity index (χ2n) is 7.93. The Morgan fingerprint density at radius 3 is 2.35 bits per heavy atom. The molecule has 6 nitrogen and oxygen atoms in total. The molecule has 2 fully saturated rings. The summed E-state index contributed by atoms with van der Waals surface area (Å²) in [7, 11) is 0. The molecule has 2 rings (SSSR count). The molecule has 0 aromatic carbocycles. The topological polar surface area (TPSA) is 79.2 Å². The summed E-state index contributed by atoms with van der Waals surface area (Å²) in [6.45, 7) is 6.61. The average Bonchev–Trinajstić information content (AvgIpc) is 2.45. The first kappa shape index (κ1) is 18.5. The highest BCUT2D eigenvalue weighted by molar-refractivity contribution is 5.60. The molecule has 0 unspecified atom stereocenters. The van der Waals surface area contributed by atoms with Crippen LogP contribution in [0.3, 0.4) is 0 Å². The molecule has 23 heavy (non-hydrogen) atoms. The van der Waals surface area contributed by atoms with Crippen LogP contribution in [0.5, 0.6) is 0 Å². The molecule has 1 saturated heterocycles. The van der Waals surface area contributed by atoms with Crippen molar-refractivity contribution in [1.29, 1.82) is 0 Å². The van der Waals surface area contributed by atoms with Crippen molar-refractivity contribution in [2.45, 2.75) is 64.6 Å². The van der Waals surface area contributed by atoms with Crippen LogP contribution in [0.15, 0.2) is 0 Å². The van der Waals surface area contributed by atoms with Crippen molar-refractivity contribution in [2.75, 3.05) is 19.7 Å². The zero-order valence-electron chi connectivity index (χ0n) is 14.5. The predicted molar refractivity (Wildman–Crippen MR) is 85.5 cm³/mol. The molecule has 0 amide bonds. The van der Waals surface area contributed by atoms with Gasteiger partial charge in [-0.2, -0.15) is 0 Å². The van der Waals surface area contributed by atoms with Crippen molar-refractivity contribution < 1.29 is 24.6 Å². The largest absolute Gasteiger partial charge is 0.528 e. The Kier molecular flexibility index (Phi) is 6.28. The standard InChI is InChI=1S/C17H31NO5/c1-17(2,3)22-16(21)23-18-9-8-14(15(20)10-18)13-6-4-12(11-19)5-7-13/h12-15,19-20H,4-11H2,1-3H3/t12?,13?,14-,15+/m1/s1. The van der Waals surface area contributed by atoms with Gasteiger partial charge in [-0.1, -0.05) is 0 Å². The summed E-state index contributed by atoms with van der Waals surface area (Å²) in [5.41, 5.74) is -0.584. The summed E-state index contributed by atoms with van der Waals surface area (Å²) in [6, 6.07) is 0. The van der Waals surface area contributed by atoms with E-state index >= 15 is 0 Å². The molecule has 2 atom stereocenters. The highest BCUT2D eigenvalue weighted by Gasteiger charge is 2.37. The van der Waals surface area contributed by atoms with Crippen molar-refractivity contribution >= 4 is 6.16 Å². The summed E-state index contributed by atoms with van der Waals surface area (Å²) < 4.78 is 5.13. The van der Waals surface area contributed by atoms with Crippen LogP contribution in [0.4, 0.5) is 4.79 Å². The van der Waals surface area contributed by atoms with Crippen molar-refractivity contribution in [3.63, 3.8) is 0 Å². The SMILES string of the molecule is CC(C)(C)OC(=O)ON1CC[C@H](C2CCC(CO)CC2)[C@@H](O)C1. The first-order valence-electron chi connectivity index (χ1n) is 8.73. The molecule has 0 aromatic heterocycles. The number of hydrogen-bond acceptors (Lipinski definition) is 6. The molecule has 134 valence electrons. The number of carbonyl (C=O) groups excluding carboxylic acids is 1. The Balaban J connectivity index is 1.77. The van der Waals surface area contributed by atoms with Crippen LogP contribution in [0.25, 0.3) is 0 Å². The summed E-state index contributed by atoms with van der Waals surface area (Å²) in [5, 5.41) is 21.2. The lowest BCUT2D eigenvalue weighted by Gasteiger charge is -2.41. The first-order valence-corrected chi connectivity index (χ1v) is 8.73. The quantitative estimate of drug-likeness (QED) is 0.774. The summed E-state index contributed by atoms with van der Waals surface area (Å²) in [4.78, 5) is 16.9. The maximum atomic E-state index is 11.7. The van der Waals surface area contributed by atoms with Gasteiger partial charge < -0.3 is 19.8 Å².